The zero-order valence-corrected chi connectivity index (χ0v) is 18.8. The van der Waals surface area contributed by atoms with Gasteiger partial charge in [0.25, 0.3) is 5.91 Å². The SMILES string of the molecule is CC1CCN(S(=O)(=O)c2ccc(C(=O)N(C)CCOc3ccc(Cl)cc3)cc2)CC1. The van der Waals surface area contributed by atoms with Gasteiger partial charge in [0.15, 0.2) is 0 Å². The lowest BCUT2D eigenvalue weighted by Crippen LogP contribution is -2.37. The largest absolute Gasteiger partial charge is 0.492 e. The molecule has 0 saturated carbocycles. The first-order valence-corrected chi connectivity index (χ1v) is 11.8. The highest BCUT2D eigenvalue weighted by atomic mass is 35.5. The Bertz CT molecular complexity index is 954. The second-order valence-electron chi connectivity index (χ2n) is 7.64. The molecule has 8 heteroatoms. The van der Waals surface area contributed by atoms with Crippen LogP contribution in [0.15, 0.2) is 53.4 Å². The Morgan fingerprint density at radius 3 is 2.30 bits per heavy atom. The fraction of sp³-hybridized carbons (Fsp3) is 0.409. The summed E-state index contributed by atoms with van der Waals surface area (Å²) in [5, 5.41) is 0.634. The number of likely N-dealkylation sites (N-methyl/N-ethyl adjacent to an activating group) is 1. The summed E-state index contributed by atoms with van der Waals surface area (Å²) in [5.41, 5.74) is 0.440. The lowest BCUT2D eigenvalue weighted by atomic mass is 10.0. The van der Waals surface area contributed by atoms with Crippen molar-refractivity contribution in [3.05, 3.63) is 59.1 Å². The molecule has 1 amide bonds. The van der Waals surface area contributed by atoms with E-state index < -0.39 is 10.0 Å². The normalized spacial score (nSPS) is 15.7. The number of hydrogen-bond acceptors (Lipinski definition) is 4. The third-order valence-corrected chi connectivity index (χ3v) is 7.50. The second kappa shape index (κ2) is 9.81. The fourth-order valence-electron chi connectivity index (χ4n) is 3.30. The highest BCUT2D eigenvalue weighted by Crippen LogP contribution is 2.24. The maximum atomic E-state index is 12.8. The minimum atomic E-state index is -3.52. The summed E-state index contributed by atoms with van der Waals surface area (Å²) in [6.45, 7) is 3.96. The third kappa shape index (κ3) is 5.53. The van der Waals surface area contributed by atoms with Crippen molar-refractivity contribution in [1.29, 1.82) is 0 Å². The van der Waals surface area contributed by atoms with Gasteiger partial charge in [-0.3, -0.25) is 4.79 Å². The summed E-state index contributed by atoms with van der Waals surface area (Å²) in [6.07, 6.45) is 1.75. The van der Waals surface area contributed by atoms with Crippen LogP contribution >= 0.6 is 11.6 Å². The van der Waals surface area contributed by atoms with Crippen molar-refractivity contribution in [2.75, 3.05) is 33.3 Å². The Morgan fingerprint density at radius 1 is 1.10 bits per heavy atom. The number of ether oxygens (including phenoxy) is 1. The lowest BCUT2D eigenvalue weighted by Gasteiger charge is -2.29. The molecule has 0 atom stereocenters. The summed E-state index contributed by atoms with van der Waals surface area (Å²) in [5.74, 6) is 1.04. The van der Waals surface area contributed by atoms with Gasteiger partial charge >= 0.3 is 0 Å². The predicted molar refractivity (Wildman–Crippen MR) is 118 cm³/mol. The van der Waals surface area contributed by atoms with Crippen LogP contribution in [-0.4, -0.2) is 56.8 Å². The molecule has 0 aliphatic carbocycles. The van der Waals surface area contributed by atoms with Gasteiger partial charge in [-0.25, -0.2) is 8.42 Å². The van der Waals surface area contributed by atoms with Crippen LogP contribution < -0.4 is 4.74 Å². The molecule has 0 N–H and O–H groups in total. The molecule has 162 valence electrons. The molecular weight excluding hydrogens is 424 g/mol. The van der Waals surface area contributed by atoms with Crippen molar-refractivity contribution in [3.8, 4) is 5.75 Å². The number of hydrogen-bond donors (Lipinski definition) is 0. The topological polar surface area (TPSA) is 66.9 Å². The molecule has 1 fully saturated rings. The molecular formula is C22H27ClN2O4S. The minimum Gasteiger partial charge on any atom is -0.492 e. The van der Waals surface area contributed by atoms with Gasteiger partial charge in [-0.1, -0.05) is 18.5 Å². The van der Waals surface area contributed by atoms with Crippen molar-refractivity contribution in [3.63, 3.8) is 0 Å². The molecule has 0 unspecified atom stereocenters. The average molecular weight is 451 g/mol. The summed E-state index contributed by atoms with van der Waals surface area (Å²) in [4.78, 5) is 14.4. The summed E-state index contributed by atoms with van der Waals surface area (Å²) in [7, 11) is -1.83. The van der Waals surface area contributed by atoms with Crippen LogP contribution in [0.1, 0.15) is 30.1 Å². The van der Waals surface area contributed by atoms with E-state index in [4.69, 9.17) is 16.3 Å². The third-order valence-electron chi connectivity index (χ3n) is 5.34. The van der Waals surface area contributed by atoms with Crippen molar-refractivity contribution in [2.45, 2.75) is 24.7 Å². The maximum Gasteiger partial charge on any atom is 0.253 e. The van der Waals surface area contributed by atoms with Crippen molar-refractivity contribution in [2.24, 2.45) is 5.92 Å². The van der Waals surface area contributed by atoms with Crippen LogP contribution in [0.3, 0.4) is 0 Å². The van der Waals surface area contributed by atoms with E-state index in [0.717, 1.165) is 12.8 Å². The van der Waals surface area contributed by atoms with Gasteiger partial charge in [-0.15, -0.1) is 0 Å². The van der Waals surface area contributed by atoms with Gasteiger partial charge in [0.05, 0.1) is 11.4 Å². The van der Waals surface area contributed by atoms with Crippen LogP contribution in [0.2, 0.25) is 5.02 Å². The summed E-state index contributed by atoms with van der Waals surface area (Å²) >= 11 is 5.85. The van der Waals surface area contributed by atoms with Gasteiger partial charge in [0, 0.05) is 30.7 Å². The van der Waals surface area contributed by atoms with E-state index in [2.05, 4.69) is 6.92 Å². The molecule has 6 nitrogen and oxygen atoms in total. The number of piperidine rings is 1. The van der Waals surface area contributed by atoms with Crippen molar-refractivity contribution >= 4 is 27.5 Å². The van der Waals surface area contributed by atoms with Crippen molar-refractivity contribution < 1.29 is 17.9 Å². The summed E-state index contributed by atoms with van der Waals surface area (Å²) in [6, 6.07) is 13.2. The highest BCUT2D eigenvalue weighted by molar-refractivity contribution is 7.89. The Labute approximate surface area is 183 Å². The molecule has 2 aromatic carbocycles. The predicted octanol–water partition coefficient (Wildman–Crippen LogP) is 3.91. The van der Waals surface area contributed by atoms with Crippen molar-refractivity contribution in [1.82, 2.24) is 9.21 Å². The van der Waals surface area contributed by atoms with Gasteiger partial charge in [0.2, 0.25) is 10.0 Å². The van der Waals surface area contributed by atoms with E-state index in [-0.39, 0.29) is 10.8 Å². The minimum absolute atomic E-state index is 0.189. The Kier molecular flexibility index (Phi) is 7.39. The molecule has 1 aliphatic heterocycles. The van der Waals surface area contributed by atoms with E-state index in [1.165, 1.54) is 16.4 Å². The van der Waals surface area contributed by atoms with E-state index in [1.54, 1.807) is 48.3 Å². The van der Waals surface area contributed by atoms with Gasteiger partial charge in [-0.05, 0) is 67.3 Å². The Balaban J connectivity index is 1.56. The van der Waals surface area contributed by atoms with E-state index in [0.29, 0.717) is 48.5 Å². The molecule has 2 aromatic rings. The zero-order valence-electron chi connectivity index (χ0n) is 17.3. The van der Waals surface area contributed by atoms with E-state index in [1.807, 2.05) is 0 Å². The number of halogens is 1. The monoisotopic (exact) mass is 450 g/mol. The first-order valence-electron chi connectivity index (χ1n) is 10.0. The van der Waals surface area contributed by atoms with Gasteiger partial charge in [0.1, 0.15) is 12.4 Å². The number of carbonyl (C=O) groups is 1. The smallest absolute Gasteiger partial charge is 0.253 e. The molecule has 30 heavy (non-hydrogen) atoms. The highest BCUT2D eigenvalue weighted by Gasteiger charge is 2.28. The zero-order chi connectivity index (χ0) is 21.7. The molecule has 0 aromatic heterocycles. The molecule has 0 bridgehead atoms. The molecule has 0 spiro atoms. The standard InChI is InChI=1S/C22H27ClN2O4S/c1-17-11-13-25(14-12-17)30(27,28)21-9-3-18(4-10-21)22(26)24(2)15-16-29-20-7-5-19(23)6-8-20/h3-10,17H,11-16H2,1-2H3. The number of amides is 1. The van der Waals surface area contributed by atoms with Gasteiger partial charge in [-0.2, -0.15) is 4.31 Å². The molecule has 1 saturated heterocycles. The Hall–Kier alpha value is -2.09. The Morgan fingerprint density at radius 2 is 1.70 bits per heavy atom. The quantitative estimate of drug-likeness (QED) is 0.641. The molecule has 0 radical (unpaired) electrons. The van der Waals surface area contributed by atoms with E-state index in [9.17, 15) is 13.2 Å². The molecule has 1 aliphatic rings. The van der Waals surface area contributed by atoms with Gasteiger partial charge < -0.3 is 9.64 Å². The molecule has 1 heterocycles. The number of benzene rings is 2. The van der Waals surface area contributed by atoms with Crippen LogP contribution in [-0.2, 0) is 10.0 Å². The first-order chi connectivity index (χ1) is 14.3. The van der Waals surface area contributed by atoms with Crippen LogP contribution in [0.25, 0.3) is 0 Å². The van der Waals surface area contributed by atoms with Crippen LogP contribution in [0, 0.1) is 5.92 Å². The maximum absolute atomic E-state index is 12.8. The van der Waals surface area contributed by atoms with E-state index >= 15 is 0 Å². The average Bonchev–Trinajstić information content (AvgIpc) is 2.75. The second-order valence-corrected chi connectivity index (χ2v) is 10.0. The number of carbonyl (C=O) groups excluding carboxylic acids is 1. The number of rotatable bonds is 7. The summed E-state index contributed by atoms with van der Waals surface area (Å²) < 4.78 is 32.8. The lowest BCUT2D eigenvalue weighted by molar-refractivity contribution is 0.0773. The fourth-order valence-corrected chi connectivity index (χ4v) is 4.89. The first kappa shape index (κ1) is 22.6. The van der Waals surface area contributed by atoms with Crippen LogP contribution in [0.5, 0.6) is 5.75 Å². The molecule has 3 rings (SSSR count). The van der Waals surface area contributed by atoms with Crippen LogP contribution in [0.4, 0.5) is 0 Å². The number of nitrogens with zero attached hydrogens (tertiary/aromatic N) is 2. The number of sulfonamides is 1.